The van der Waals surface area contributed by atoms with Gasteiger partial charge in [0.05, 0.1) is 0 Å². The van der Waals surface area contributed by atoms with Gasteiger partial charge in [-0.1, -0.05) is 57.9 Å². The van der Waals surface area contributed by atoms with Gasteiger partial charge in [-0.3, -0.25) is 0 Å². The molecule has 0 spiro atoms. The van der Waals surface area contributed by atoms with Crippen molar-refractivity contribution in [2.45, 2.75) is 18.2 Å². The van der Waals surface area contributed by atoms with Crippen LogP contribution < -0.4 is 0 Å². The van der Waals surface area contributed by atoms with Crippen molar-refractivity contribution in [1.29, 1.82) is 0 Å². The van der Waals surface area contributed by atoms with Gasteiger partial charge in [-0.15, -0.1) is 0 Å². The van der Waals surface area contributed by atoms with Gasteiger partial charge in [-0.05, 0) is 42.2 Å². The second-order valence-electron chi connectivity index (χ2n) is 4.22. The van der Waals surface area contributed by atoms with Crippen molar-refractivity contribution in [3.05, 3.63) is 70.0 Å². The predicted molar refractivity (Wildman–Crippen MR) is 78.0 cm³/mol. The molecule has 0 N–H and O–H groups in total. The van der Waals surface area contributed by atoms with Gasteiger partial charge >= 0.3 is 0 Å². The normalized spacial score (nSPS) is 12.4. The number of alkyl halides is 1. The van der Waals surface area contributed by atoms with Crippen molar-refractivity contribution in [3.63, 3.8) is 0 Å². The molecule has 0 nitrogen and oxygen atoms in total. The molecule has 94 valence electrons. The summed E-state index contributed by atoms with van der Waals surface area (Å²) in [5.41, 5.74) is 2.85. The van der Waals surface area contributed by atoms with Crippen LogP contribution >= 0.6 is 27.5 Å². The Bertz CT molecular complexity index is 554. The van der Waals surface area contributed by atoms with Crippen LogP contribution in [0.5, 0.6) is 0 Å². The van der Waals surface area contributed by atoms with Crippen LogP contribution in [-0.4, -0.2) is 0 Å². The summed E-state index contributed by atoms with van der Waals surface area (Å²) in [6, 6.07) is 12.6. The summed E-state index contributed by atoms with van der Waals surface area (Å²) in [6.07, 6.45) is 0.605. The molecular formula is C15H13BrClF. The molecule has 2 aromatic rings. The number of halogens is 3. The molecule has 3 heteroatoms. The van der Waals surface area contributed by atoms with Gasteiger partial charge in [-0.2, -0.15) is 0 Å². The van der Waals surface area contributed by atoms with Crippen LogP contribution in [0.2, 0.25) is 5.02 Å². The zero-order valence-corrected chi connectivity index (χ0v) is 12.3. The van der Waals surface area contributed by atoms with E-state index >= 15 is 0 Å². The smallest absolute Gasteiger partial charge is 0.126 e. The summed E-state index contributed by atoms with van der Waals surface area (Å²) in [6.45, 7) is 1.98. The Hall–Kier alpha value is -0.860. The summed E-state index contributed by atoms with van der Waals surface area (Å²) >= 11 is 9.71. The van der Waals surface area contributed by atoms with Crippen LogP contribution in [0.1, 0.15) is 21.5 Å². The highest BCUT2D eigenvalue weighted by Gasteiger charge is 2.14. The summed E-state index contributed by atoms with van der Waals surface area (Å²) in [5.74, 6) is -0.165. The molecule has 0 aliphatic carbocycles. The van der Waals surface area contributed by atoms with Crippen molar-refractivity contribution in [2.24, 2.45) is 0 Å². The fraction of sp³-hybridized carbons (Fsp3) is 0.200. The fourth-order valence-corrected chi connectivity index (χ4v) is 2.96. The predicted octanol–water partition coefficient (Wildman–Crippen LogP) is 5.47. The molecule has 0 amide bonds. The molecular weight excluding hydrogens is 315 g/mol. The van der Waals surface area contributed by atoms with E-state index in [1.807, 2.05) is 37.3 Å². The first-order chi connectivity index (χ1) is 8.59. The number of hydrogen-bond donors (Lipinski definition) is 0. The Morgan fingerprint density at radius 1 is 1.17 bits per heavy atom. The number of hydrogen-bond acceptors (Lipinski definition) is 0. The number of rotatable bonds is 3. The molecule has 0 heterocycles. The van der Waals surface area contributed by atoms with E-state index in [2.05, 4.69) is 15.9 Å². The number of benzene rings is 2. The van der Waals surface area contributed by atoms with E-state index in [0.29, 0.717) is 12.0 Å². The molecule has 1 unspecified atom stereocenters. The van der Waals surface area contributed by atoms with Crippen molar-refractivity contribution >= 4 is 27.5 Å². The molecule has 2 aromatic carbocycles. The Labute approximate surface area is 120 Å². The molecule has 1 atom stereocenters. The largest absolute Gasteiger partial charge is 0.207 e. The maximum Gasteiger partial charge on any atom is 0.126 e. The van der Waals surface area contributed by atoms with Gasteiger partial charge in [-0.25, -0.2) is 4.39 Å². The monoisotopic (exact) mass is 326 g/mol. The summed E-state index contributed by atoms with van der Waals surface area (Å²) in [7, 11) is 0. The Morgan fingerprint density at radius 2 is 1.89 bits per heavy atom. The standard InChI is InChI=1S/C15H13BrClF/c1-10-12(6-4-7-14(10)17)13(16)9-11-5-2-3-8-15(11)18/h2-8,13H,9H2,1H3. The van der Waals surface area contributed by atoms with Crippen molar-refractivity contribution in [3.8, 4) is 0 Å². The van der Waals surface area contributed by atoms with Crippen molar-refractivity contribution in [2.75, 3.05) is 0 Å². The minimum Gasteiger partial charge on any atom is -0.207 e. The highest BCUT2D eigenvalue weighted by molar-refractivity contribution is 9.09. The molecule has 0 saturated carbocycles. The molecule has 0 saturated heterocycles. The van der Waals surface area contributed by atoms with Gasteiger partial charge < -0.3 is 0 Å². The van der Waals surface area contributed by atoms with Crippen LogP contribution in [0.3, 0.4) is 0 Å². The summed E-state index contributed by atoms with van der Waals surface area (Å²) in [5, 5.41) is 0.741. The van der Waals surface area contributed by atoms with Gasteiger partial charge in [0.25, 0.3) is 0 Å². The van der Waals surface area contributed by atoms with Crippen molar-refractivity contribution in [1.82, 2.24) is 0 Å². The quantitative estimate of drug-likeness (QED) is 0.656. The molecule has 0 aliphatic rings. The van der Waals surface area contributed by atoms with Gasteiger partial charge in [0.2, 0.25) is 0 Å². The van der Waals surface area contributed by atoms with E-state index in [9.17, 15) is 4.39 Å². The Kier molecular flexibility index (Phi) is 4.41. The highest BCUT2D eigenvalue weighted by atomic mass is 79.9. The minimum absolute atomic E-state index is 0.0631. The van der Waals surface area contributed by atoms with E-state index in [1.54, 1.807) is 6.07 Å². The zero-order valence-electron chi connectivity index (χ0n) is 9.96. The highest BCUT2D eigenvalue weighted by Crippen LogP contribution is 2.32. The van der Waals surface area contributed by atoms with E-state index < -0.39 is 0 Å². The molecule has 0 bridgehead atoms. The maximum atomic E-state index is 13.6. The topological polar surface area (TPSA) is 0 Å². The zero-order chi connectivity index (χ0) is 13.1. The van der Waals surface area contributed by atoms with E-state index in [1.165, 1.54) is 6.07 Å². The lowest BCUT2D eigenvalue weighted by Crippen LogP contribution is -2.00. The lowest BCUT2D eigenvalue weighted by Gasteiger charge is -2.14. The molecule has 0 radical (unpaired) electrons. The Balaban J connectivity index is 2.25. The molecule has 2 rings (SSSR count). The second kappa shape index (κ2) is 5.85. The van der Waals surface area contributed by atoms with Gasteiger partial charge in [0.1, 0.15) is 5.82 Å². The molecule has 18 heavy (non-hydrogen) atoms. The maximum absolute atomic E-state index is 13.6. The third kappa shape index (κ3) is 2.93. The second-order valence-corrected chi connectivity index (χ2v) is 5.73. The van der Waals surface area contributed by atoms with Crippen LogP contribution in [-0.2, 0) is 6.42 Å². The fourth-order valence-electron chi connectivity index (χ4n) is 1.93. The lowest BCUT2D eigenvalue weighted by atomic mass is 10.0. The lowest BCUT2D eigenvalue weighted by molar-refractivity contribution is 0.608. The van der Waals surface area contributed by atoms with Gasteiger partial charge in [0.15, 0.2) is 0 Å². The van der Waals surface area contributed by atoms with Gasteiger partial charge in [0, 0.05) is 9.85 Å². The van der Waals surface area contributed by atoms with Crippen LogP contribution in [0.15, 0.2) is 42.5 Å². The minimum atomic E-state index is -0.165. The average molecular weight is 328 g/mol. The van der Waals surface area contributed by atoms with E-state index in [-0.39, 0.29) is 10.6 Å². The molecule has 0 aliphatic heterocycles. The SMILES string of the molecule is Cc1c(Cl)cccc1C(Br)Cc1ccccc1F. The first-order valence-corrected chi connectivity index (χ1v) is 7.01. The van der Waals surface area contributed by atoms with Crippen LogP contribution in [0.4, 0.5) is 4.39 Å². The third-order valence-corrected chi connectivity index (χ3v) is 4.23. The first-order valence-electron chi connectivity index (χ1n) is 5.72. The summed E-state index contributed by atoms with van der Waals surface area (Å²) < 4.78 is 13.6. The average Bonchev–Trinajstić information content (AvgIpc) is 2.35. The van der Waals surface area contributed by atoms with Crippen LogP contribution in [0.25, 0.3) is 0 Å². The first kappa shape index (κ1) is 13.6. The van der Waals surface area contributed by atoms with Crippen LogP contribution in [0, 0.1) is 12.7 Å². The molecule has 0 aromatic heterocycles. The van der Waals surface area contributed by atoms with E-state index in [4.69, 9.17) is 11.6 Å². The van der Waals surface area contributed by atoms with Crippen molar-refractivity contribution < 1.29 is 4.39 Å². The Morgan fingerprint density at radius 3 is 2.61 bits per heavy atom. The third-order valence-electron chi connectivity index (χ3n) is 3.00. The summed E-state index contributed by atoms with van der Waals surface area (Å²) in [4.78, 5) is 0.0631. The van der Waals surface area contributed by atoms with E-state index in [0.717, 1.165) is 16.1 Å². The molecule has 0 fully saturated rings.